The fourth-order valence-electron chi connectivity index (χ4n) is 2.53. The average Bonchev–Trinajstić information content (AvgIpc) is 3.13. The summed E-state index contributed by atoms with van der Waals surface area (Å²) in [7, 11) is 1.57. The highest BCUT2D eigenvalue weighted by Crippen LogP contribution is 2.28. The van der Waals surface area contributed by atoms with E-state index in [1.807, 2.05) is 25.1 Å². The van der Waals surface area contributed by atoms with Gasteiger partial charge in [0.15, 0.2) is 5.78 Å². The number of carbonyl (C=O) groups is 1. The smallest absolute Gasteiger partial charge is 0.186 e. The van der Waals surface area contributed by atoms with Crippen molar-refractivity contribution in [1.29, 1.82) is 0 Å². The number of rotatable bonds is 7. The molecule has 0 spiro atoms. The molecule has 4 nitrogen and oxygen atoms in total. The Bertz CT molecular complexity index is 952. The molecule has 1 heterocycles. The lowest BCUT2D eigenvalue weighted by Crippen LogP contribution is -1.96. The fraction of sp³-hybridized carbons (Fsp3) is 0.136. The molecule has 5 heteroatoms. The van der Waals surface area contributed by atoms with Gasteiger partial charge >= 0.3 is 0 Å². The fourth-order valence-corrected chi connectivity index (χ4v) is 2.81. The Kier molecular flexibility index (Phi) is 5.99. The Morgan fingerprint density at radius 3 is 2.74 bits per heavy atom. The predicted octanol–water partition coefficient (Wildman–Crippen LogP) is 5.73. The molecule has 0 aliphatic heterocycles. The average molecular weight is 383 g/mol. The summed E-state index contributed by atoms with van der Waals surface area (Å²) >= 11 is 6.15. The first-order valence-corrected chi connectivity index (χ1v) is 8.77. The van der Waals surface area contributed by atoms with Crippen molar-refractivity contribution >= 4 is 23.5 Å². The number of benzene rings is 2. The second-order valence-corrected chi connectivity index (χ2v) is 6.32. The van der Waals surface area contributed by atoms with E-state index in [1.54, 1.807) is 49.6 Å². The van der Waals surface area contributed by atoms with Crippen LogP contribution in [0.25, 0.3) is 6.08 Å². The molecule has 1 aromatic heterocycles. The summed E-state index contributed by atoms with van der Waals surface area (Å²) in [5, 5.41) is 0.561. The number of carbonyl (C=O) groups excluding carboxylic acids is 1. The maximum Gasteiger partial charge on any atom is 0.186 e. The minimum atomic E-state index is -0.130. The number of aryl methyl sites for hydroxylation is 1. The van der Waals surface area contributed by atoms with Crippen molar-refractivity contribution in [3.63, 3.8) is 0 Å². The van der Waals surface area contributed by atoms with Crippen LogP contribution in [0.15, 0.2) is 65.1 Å². The summed E-state index contributed by atoms with van der Waals surface area (Å²) in [5.74, 6) is 2.36. The molecular weight excluding hydrogens is 364 g/mol. The molecule has 0 unspecified atom stereocenters. The zero-order valence-corrected chi connectivity index (χ0v) is 15.8. The maximum atomic E-state index is 12.3. The molecule has 0 atom stereocenters. The van der Waals surface area contributed by atoms with E-state index in [4.69, 9.17) is 25.5 Å². The number of ketones is 1. The molecule has 0 fully saturated rings. The molecule has 0 aliphatic carbocycles. The van der Waals surface area contributed by atoms with Gasteiger partial charge in [-0.1, -0.05) is 35.9 Å². The van der Waals surface area contributed by atoms with Gasteiger partial charge in [-0.25, -0.2) is 0 Å². The van der Waals surface area contributed by atoms with Gasteiger partial charge in [0.05, 0.1) is 12.1 Å². The van der Waals surface area contributed by atoms with Gasteiger partial charge in [-0.05, 0) is 55.0 Å². The molecule has 0 aliphatic rings. The second-order valence-electron chi connectivity index (χ2n) is 5.91. The first-order chi connectivity index (χ1) is 13.1. The largest absolute Gasteiger partial charge is 0.497 e. The number of hydrogen-bond donors (Lipinski definition) is 0. The third-order valence-corrected chi connectivity index (χ3v) is 4.26. The van der Waals surface area contributed by atoms with Gasteiger partial charge in [0.2, 0.25) is 0 Å². The van der Waals surface area contributed by atoms with Gasteiger partial charge in [0.25, 0.3) is 0 Å². The van der Waals surface area contributed by atoms with Crippen LogP contribution in [0.1, 0.15) is 27.4 Å². The van der Waals surface area contributed by atoms with E-state index >= 15 is 0 Å². The molecule has 0 bridgehead atoms. The van der Waals surface area contributed by atoms with E-state index in [0.717, 1.165) is 5.56 Å². The number of allylic oxidation sites excluding steroid dienone is 1. The van der Waals surface area contributed by atoms with E-state index < -0.39 is 0 Å². The highest BCUT2D eigenvalue weighted by molar-refractivity contribution is 6.32. The summed E-state index contributed by atoms with van der Waals surface area (Å²) in [5.41, 5.74) is 1.51. The van der Waals surface area contributed by atoms with E-state index in [9.17, 15) is 4.79 Å². The van der Waals surface area contributed by atoms with Crippen LogP contribution in [-0.2, 0) is 6.61 Å². The number of furan rings is 1. The molecule has 2 aromatic carbocycles. The molecule has 0 saturated carbocycles. The lowest BCUT2D eigenvalue weighted by atomic mass is 10.1. The number of halogens is 1. The minimum absolute atomic E-state index is 0.130. The van der Waals surface area contributed by atoms with Crippen molar-refractivity contribution < 1.29 is 18.7 Å². The van der Waals surface area contributed by atoms with Crippen LogP contribution >= 0.6 is 11.6 Å². The molecule has 27 heavy (non-hydrogen) atoms. The van der Waals surface area contributed by atoms with Crippen molar-refractivity contribution in [1.82, 2.24) is 0 Å². The Hall–Kier alpha value is -2.98. The van der Waals surface area contributed by atoms with Crippen LogP contribution in [0, 0.1) is 6.92 Å². The zero-order chi connectivity index (χ0) is 19.2. The van der Waals surface area contributed by atoms with E-state index in [0.29, 0.717) is 33.6 Å². The Morgan fingerprint density at radius 2 is 1.96 bits per heavy atom. The quantitative estimate of drug-likeness (QED) is 0.387. The van der Waals surface area contributed by atoms with Crippen molar-refractivity contribution in [2.75, 3.05) is 7.11 Å². The van der Waals surface area contributed by atoms with Crippen LogP contribution in [-0.4, -0.2) is 12.9 Å². The number of ether oxygens (including phenoxy) is 2. The van der Waals surface area contributed by atoms with Crippen molar-refractivity contribution in [2.45, 2.75) is 13.5 Å². The Morgan fingerprint density at radius 1 is 1.15 bits per heavy atom. The molecule has 3 rings (SSSR count). The molecular formula is C22H19ClO4. The van der Waals surface area contributed by atoms with Crippen LogP contribution in [0.5, 0.6) is 11.5 Å². The van der Waals surface area contributed by atoms with E-state index in [-0.39, 0.29) is 12.4 Å². The maximum absolute atomic E-state index is 12.3. The van der Waals surface area contributed by atoms with Crippen molar-refractivity contribution in [2.24, 2.45) is 0 Å². The molecule has 0 radical (unpaired) electrons. The monoisotopic (exact) mass is 382 g/mol. The third kappa shape index (κ3) is 4.80. The van der Waals surface area contributed by atoms with Crippen LogP contribution in [0.3, 0.4) is 0 Å². The number of para-hydroxylation sites is 1. The highest BCUT2D eigenvalue weighted by Gasteiger charge is 2.08. The van der Waals surface area contributed by atoms with Gasteiger partial charge in [-0.15, -0.1) is 0 Å². The zero-order valence-electron chi connectivity index (χ0n) is 15.1. The van der Waals surface area contributed by atoms with E-state index in [2.05, 4.69) is 0 Å². The van der Waals surface area contributed by atoms with Crippen molar-refractivity contribution in [3.8, 4) is 11.5 Å². The molecule has 0 N–H and O–H groups in total. The minimum Gasteiger partial charge on any atom is -0.497 e. The third-order valence-electron chi connectivity index (χ3n) is 3.96. The highest BCUT2D eigenvalue weighted by atomic mass is 35.5. The standard InChI is InChI=1S/C22H19ClO4/c1-15-5-3-8-20(23)22(15)26-14-19-10-9-17(27-19)11-12-21(24)16-6-4-7-18(13-16)25-2/h3-13H,14H2,1-2H3/b12-11+. The lowest BCUT2D eigenvalue weighted by molar-refractivity contribution is 0.104. The first-order valence-electron chi connectivity index (χ1n) is 8.40. The SMILES string of the molecule is COc1cccc(C(=O)/C=C/c2ccc(COc3c(C)cccc3Cl)o2)c1. The van der Waals surface area contributed by atoms with Crippen LogP contribution in [0.4, 0.5) is 0 Å². The van der Waals surface area contributed by atoms with Crippen LogP contribution in [0.2, 0.25) is 5.02 Å². The second kappa shape index (κ2) is 8.60. The number of hydrogen-bond acceptors (Lipinski definition) is 4. The summed E-state index contributed by atoms with van der Waals surface area (Å²) in [6.45, 7) is 2.18. The molecule has 0 amide bonds. The van der Waals surface area contributed by atoms with Crippen molar-refractivity contribution in [3.05, 3.63) is 88.3 Å². The lowest BCUT2D eigenvalue weighted by Gasteiger charge is -2.09. The normalized spacial score (nSPS) is 10.9. The van der Waals surface area contributed by atoms with Gasteiger partial charge < -0.3 is 13.9 Å². The Balaban J connectivity index is 1.63. The summed E-state index contributed by atoms with van der Waals surface area (Å²) in [4.78, 5) is 12.3. The van der Waals surface area contributed by atoms with Crippen LogP contribution < -0.4 is 9.47 Å². The summed E-state index contributed by atoms with van der Waals surface area (Å²) < 4.78 is 16.6. The topological polar surface area (TPSA) is 48.7 Å². The van der Waals surface area contributed by atoms with E-state index in [1.165, 1.54) is 6.08 Å². The number of methoxy groups -OCH3 is 1. The first kappa shape index (κ1) is 18.8. The summed E-state index contributed by atoms with van der Waals surface area (Å²) in [6, 6.07) is 16.2. The Labute approximate surface area is 163 Å². The summed E-state index contributed by atoms with van der Waals surface area (Å²) in [6.07, 6.45) is 3.10. The van der Waals surface area contributed by atoms with Gasteiger partial charge in [-0.2, -0.15) is 0 Å². The van der Waals surface area contributed by atoms with Gasteiger partial charge in [-0.3, -0.25) is 4.79 Å². The molecule has 3 aromatic rings. The van der Waals surface area contributed by atoms with Gasteiger partial charge in [0.1, 0.15) is 29.6 Å². The molecule has 0 saturated heterocycles. The predicted molar refractivity (Wildman–Crippen MR) is 106 cm³/mol. The van der Waals surface area contributed by atoms with Gasteiger partial charge in [0, 0.05) is 5.56 Å². The molecule has 138 valence electrons.